The van der Waals surface area contributed by atoms with E-state index in [-0.39, 0.29) is 26.8 Å². The Kier molecular flexibility index (Phi) is 6.71. The first-order chi connectivity index (χ1) is 21.7. The zero-order chi connectivity index (χ0) is 29.2. The average Bonchev–Trinajstić information content (AvgIpc) is 3.61. The summed E-state index contributed by atoms with van der Waals surface area (Å²) < 4.78 is 4.59. The van der Waals surface area contributed by atoms with Gasteiger partial charge in [-0.05, 0) is 64.4 Å². The predicted octanol–water partition coefficient (Wildman–Crippen LogP) is 12.0. The van der Waals surface area contributed by atoms with Crippen LogP contribution in [0.3, 0.4) is 0 Å². The van der Waals surface area contributed by atoms with Crippen LogP contribution in [0, 0.1) is 0 Å². The Morgan fingerprint density at radius 1 is 0.533 bits per heavy atom. The van der Waals surface area contributed by atoms with E-state index in [1.165, 1.54) is 32.6 Å². The number of nitrogens with zero attached hydrogens (tertiary/aromatic N) is 2. The van der Waals surface area contributed by atoms with Crippen molar-refractivity contribution in [1.82, 2.24) is 4.57 Å². The number of para-hydroxylation sites is 1. The number of thiophene rings is 1. The summed E-state index contributed by atoms with van der Waals surface area (Å²) in [5.74, 6) is 0.234. The summed E-state index contributed by atoms with van der Waals surface area (Å²) in [5.41, 5.74) is 7.18. The van der Waals surface area contributed by atoms with Gasteiger partial charge in [-0.1, -0.05) is 109 Å². The maximum atomic E-state index is 11.1. The number of hydrogen-bond donors (Lipinski definition) is 1. The molecular weight excluding hydrogens is 740 g/mol. The molecule has 0 aliphatic rings. The maximum absolute atomic E-state index is 11.1. The van der Waals surface area contributed by atoms with Gasteiger partial charge in [-0.25, -0.2) is 0 Å². The third-order valence-electron chi connectivity index (χ3n) is 8.61. The molecule has 214 valence electrons. The number of benzene rings is 7. The molecule has 2 aromatic heterocycles. The third kappa shape index (κ3) is 4.52. The van der Waals surface area contributed by atoms with Gasteiger partial charge in [0.05, 0.1) is 11.0 Å². The zero-order valence-electron chi connectivity index (χ0n) is 24.0. The Hall–Kier alpha value is -4.89. The van der Waals surface area contributed by atoms with Crippen molar-refractivity contribution in [3.63, 3.8) is 0 Å². The minimum absolute atomic E-state index is 0. The molecule has 0 fully saturated rings. The molecule has 0 saturated carbocycles. The van der Waals surface area contributed by atoms with Crippen LogP contribution in [0.5, 0.6) is 5.75 Å². The number of fused-ring (bicyclic) bond motifs is 7. The minimum atomic E-state index is 0. The Morgan fingerprint density at radius 3 is 1.96 bits per heavy atom. The first kappa shape index (κ1) is 27.6. The number of aromatic hydroxyl groups is 1. The van der Waals surface area contributed by atoms with Gasteiger partial charge in [0.1, 0.15) is 5.75 Å². The van der Waals surface area contributed by atoms with E-state index >= 15 is 0 Å². The molecule has 0 unspecified atom stereocenters. The van der Waals surface area contributed by atoms with Gasteiger partial charge in [-0.3, -0.25) is 0 Å². The van der Waals surface area contributed by atoms with Gasteiger partial charge in [0.25, 0.3) is 0 Å². The predicted molar refractivity (Wildman–Crippen MR) is 187 cm³/mol. The number of hydrogen-bond acceptors (Lipinski definition) is 2. The van der Waals surface area contributed by atoms with E-state index in [1.54, 1.807) is 11.3 Å². The fourth-order valence-electron chi connectivity index (χ4n) is 6.48. The number of aromatic nitrogens is 1. The molecule has 3 nitrogen and oxygen atoms in total. The molecule has 0 aliphatic heterocycles. The molecule has 7 aromatic carbocycles. The Bertz CT molecular complexity index is 2530. The van der Waals surface area contributed by atoms with Crippen molar-refractivity contribution in [1.29, 1.82) is 0 Å². The second-order valence-corrected chi connectivity index (χ2v) is 12.3. The minimum Gasteiger partial charge on any atom is -0.655 e. The second-order valence-electron chi connectivity index (χ2n) is 11.2. The van der Waals surface area contributed by atoms with Crippen LogP contribution in [-0.4, -0.2) is 9.67 Å². The molecule has 1 N–H and O–H groups in total. The number of phenolic OH excluding ortho intramolecular Hbond substituents is 1. The molecule has 0 spiro atoms. The number of phenols is 1. The van der Waals surface area contributed by atoms with Crippen LogP contribution in [0.2, 0.25) is 0 Å². The molecule has 0 atom stereocenters. The van der Waals surface area contributed by atoms with Crippen LogP contribution < -0.4 is 0 Å². The summed E-state index contributed by atoms with van der Waals surface area (Å²) >= 11 is 1.69. The SMILES string of the molecule is Oc1c([N-]c2ccc(-c3ccc(-n4c5ccccc5c5cc6ccccc6cc54)cc3)cc2)ccc2sc3ccccc3c12.[W]. The normalized spacial score (nSPS) is 11.5. The molecule has 2 heterocycles. The summed E-state index contributed by atoms with van der Waals surface area (Å²) in [6.07, 6.45) is 0. The van der Waals surface area contributed by atoms with Gasteiger partial charge < -0.3 is 15.0 Å². The second kappa shape index (κ2) is 10.9. The fraction of sp³-hybridized carbons (Fsp3) is 0. The smallest absolute Gasteiger partial charge is 0.110 e. The first-order valence-corrected chi connectivity index (χ1v) is 15.5. The summed E-state index contributed by atoms with van der Waals surface area (Å²) in [6.45, 7) is 0. The summed E-state index contributed by atoms with van der Waals surface area (Å²) in [6, 6.07) is 50.9. The summed E-state index contributed by atoms with van der Waals surface area (Å²) in [5, 5.41) is 22.9. The van der Waals surface area contributed by atoms with Crippen molar-refractivity contribution in [2.45, 2.75) is 0 Å². The van der Waals surface area contributed by atoms with E-state index < -0.39 is 0 Å². The summed E-state index contributed by atoms with van der Waals surface area (Å²) in [7, 11) is 0. The van der Waals surface area contributed by atoms with Gasteiger partial charge in [0.15, 0.2) is 0 Å². The van der Waals surface area contributed by atoms with E-state index in [2.05, 4.69) is 114 Å². The van der Waals surface area contributed by atoms with E-state index in [1.807, 2.05) is 36.4 Å². The van der Waals surface area contributed by atoms with E-state index in [0.717, 1.165) is 42.7 Å². The molecular formula is C40H25N2OSW-. The topological polar surface area (TPSA) is 39.3 Å². The molecule has 0 amide bonds. The van der Waals surface area contributed by atoms with Gasteiger partial charge >= 0.3 is 0 Å². The van der Waals surface area contributed by atoms with E-state index in [4.69, 9.17) is 5.32 Å². The van der Waals surface area contributed by atoms with Crippen molar-refractivity contribution in [2.75, 3.05) is 0 Å². The van der Waals surface area contributed by atoms with Gasteiger partial charge in [-0.15, -0.1) is 17.0 Å². The molecule has 9 aromatic rings. The molecule has 0 radical (unpaired) electrons. The van der Waals surface area contributed by atoms with Gasteiger partial charge in [0.2, 0.25) is 0 Å². The molecule has 0 bridgehead atoms. The standard InChI is InChI=1S/C40H25N2OS.W/c43-40-34(21-22-38-39(40)32-10-4-6-12-37(32)44-38)41-29-17-13-25(14-18-29)26-15-19-30(20-16-26)42-35-11-5-3-9-31(35)33-23-27-7-1-2-8-28(27)24-36(33)42;/h1-24,43H;/q-1;. The quantitative estimate of drug-likeness (QED) is 0.190. The van der Waals surface area contributed by atoms with Crippen molar-refractivity contribution >= 4 is 75.5 Å². The van der Waals surface area contributed by atoms with Gasteiger partial charge in [0, 0.05) is 57.7 Å². The van der Waals surface area contributed by atoms with Gasteiger partial charge in [-0.2, -0.15) is 0 Å². The van der Waals surface area contributed by atoms with Crippen LogP contribution in [0.15, 0.2) is 146 Å². The molecule has 45 heavy (non-hydrogen) atoms. The van der Waals surface area contributed by atoms with Crippen molar-refractivity contribution in [3.05, 3.63) is 151 Å². The largest absolute Gasteiger partial charge is 0.655 e. The fourth-order valence-corrected chi connectivity index (χ4v) is 7.59. The van der Waals surface area contributed by atoms with Crippen LogP contribution >= 0.6 is 11.3 Å². The van der Waals surface area contributed by atoms with E-state index in [9.17, 15) is 5.11 Å². The zero-order valence-corrected chi connectivity index (χ0v) is 27.8. The summed E-state index contributed by atoms with van der Waals surface area (Å²) in [4.78, 5) is 0. The molecule has 9 rings (SSSR count). The Labute approximate surface area is 278 Å². The van der Waals surface area contributed by atoms with Crippen molar-refractivity contribution in [3.8, 4) is 22.6 Å². The Balaban J connectivity index is 0.00000300. The molecule has 0 aliphatic carbocycles. The van der Waals surface area contributed by atoms with E-state index in [0.29, 0.717) is 5.69 Å². The van der Waals surface area contributed by atoms with Crippen LogP contribution in [0.1, 0.15) is 0 Å². The molecule has 5 heteroatoms. The maximum Gasteiger partial charge on any atom is 0.110 e. The average molecular weight is 766 g/mol. The first-order valence-electron chi connectivity index (χ1n) is 14.7. The monoisotopic (exact) mass is 765 g/mol. The molecule has 0 saturated heterocycles. The Morgan fingerprint density at radius 2 is 1.18 bits per heavy atom. The van der Waals surface area contributed by atoms with Crippen molar-refractivity contribution in [2.24, 2.45) is 0 Å². The van der Waals surface area contributed by atoms with Crippen LogP contribution in [0.25, 0.3) is 74.9 Å². The van der Waals surface area contributed by atoms with Crippen LogP contribution in [-0.2, 0) is 21.1 Å². The third-order valence-corrected chi connectivity index (χ3v) is 9.75. The van der Waals surface area contributed by atoms with Crippen molar-refractivity contribution < 1.29 is 26.2 Å². The number of rotatable bonds is 4. The van der Waals surface area contributed by atoms with Crippen LogP contribution in [0.4, 0.5) is 11.4 Å².